The first-order chi connectivity index (χ1) is 9.41. The van der Waals surface area contributed by atoms with E-state index in [2.05, 4.69) is 45.6 Å². The molecule has 0 N–H and O–H groups in total. The molecule has 1 atom stereocenters. The van der Waals surface area contributed by atoms with Crippen LogP contribution >= 0.6 is 33.8 Å². The molecular weight excluding hydrogens is 310 g/mol. The predicted molar refractivity (Wildman–Crippen MR) is 88.7 cm³/mol. The van der Waals surface area contributed by atoms with Gasteiger partial charge >= 0.3 is 0 Å². The van der Waals surface area contributed by atoms with Crippen LogP contribution in [0.15, 0.2) is 56.1 Å². The van der Waals surface area contributed by atoms with Crippen molar-refractivity contribution in [1.82, 2.24) is 9.88 Å². The van der Waals surface area contributed by atoms with Crippen LogP contribution in [0.1, 0.15) is 0 Å². The molecule has 0 aliphatic carbocycles. The second-order valence-corrected chi connectivity index (χ2v) is 8.97. The number of hydrogen-bond donors (Lipinski definition) is 0. The smallest absolute Gasteiger partial charge is 0.152 e. The summed E-state index contributed by atoms with van der Waals surface area (Å²) in [5.74, 6) is 1.17. The third kappa shape index (κ3) is 1.88. The van der Waals surface area contributed by atoms with E-state index in [4.69, 9.17) is 4.99 Å². The van der Waals surface area contributed by atoms with Crippen LogP contribution in [0.3, 0.4) is 0 Å². The summed E-state index contributed by atoms with van der Waals surface area (Å²) in [6, 6.07) is 10.9. The molecule has 0 saturated carbocycles. The van der Waals surface area contributed by atoms with Crippen molar-refractivity contribution in [2.45, 2.75) is 9.24 Å². The minimum absolute atomic E-state index is 0. The SMILES string of the molecule is Cl.c1ccc(S2(c3nccs3)CCN3CCN=C32)cc1. The number of hydrogen-bond acceptors (Lipinski definition) is 4. The lowest BCUT2D eigenvalue weighted by Gasteiger charge is -2.33. The van der Waals surface area contributed by atoms with Crippen molar-refractivity contribution in [3.05, 3.63) is 41.9 Å². The first-order valence-electron chi connectivity index (χ1n) is 6.46. The molecule has 0 amide bonds. The number of benzene rings is 1. The fourth-order valence-electron chi connectivity index (χ4n) is 2.86. The highest BCUT2D eigenvalue weighted by Gasteiger charge is 2.45. The van der Waals surface area contributed by atoms with Crippen LogP contribution in [0.4, 0.5) is 0 Å². The molecule has 3 heterocycles. The Morgan fingerprint density at radius 1 is 1.15 bits per heavy atom. The number of rotatable bonds is 2. The monoisotopic (exact) mass is 325 g/mol. The van der Waals surface area contributed by atoms with Crippen molar-refractivity contribution in [2.75, 3.05) is 25.4 Å². The van der Waals surface area contributed by atoms with Gasteiger partial charge in [-0.25, -0.2) is 4.98 Å². The van der Waals surface area contributed by atoms with E-state index in [1.165, 1.54) is 20.2 Å². The van der Waals surface area contributed by atoms with Gasteiger partial charge in [-0.2, -0.15) is 0 Å². The van der Waals surface area contributed by atoms with Gasteiger partial charge in [0.2, 0.25) is 0 Å². The Kier molecular flexibility index (Phi) is 3.75. The molecule has 1 saturated heterocycles. The predicted octanol–water partition coefficient (Wildman–Crippen LogP) is 3.47. The Bertz CT molecular complexity index is 615. The zero-order chi connectivity index (χ0) is 12.7. The fourth-order valence-corrected chi connectivity index (χ4v) is 8.26. The molecule has 2 aromatic rings. The summed E-state index contributed by atoms with van der Waals surface area (Å²) in [5.41, 5.74) is 0. The number of amidine groups is 1. The van der Waals surface area contributed by atoms with E-state index in [9.17, 15) is 0 Å². The van der Waals surface area contributed by atoms with Gasteiger partial charge in [-0.3, -0.25) is 4.99 Å². The van der Waals surface area contributed by atoms with Crippen LogP contribution in [-0.4, -0.2) is 40.4 Å². The largest absolute Gasteiger partial charge is 0.349 e. The Labute approximate surface area is 130 Å². The van der Waals surface area contributed by atoms with Crippen LogP contribution in [0.5, 0.6) is 0 Å². The highest BCUT2D eigenvalue weighted by molar-refractivity contribution is 8.46. The molecule has 1 fully saturated rings. The molecule has 2 aliphatic heterocycles. The second-order valence-electron chi connectivity index (χ2n) is 4.71. The lowest BCUT2D eigenvalue weighted by molar-refractivity contribution is 0.504. The van der Waals surface area contributed by atoms with Gasteiger partial charge in [0.25, 0.3) is 0 Å². The Morgan fingerprint density at radius 2 is 2.00 bits per heavy atom. The Balaban J connectivity index is 0.00000121. The minimum Gasteiger partial charge on any atom is -0.349 e. The lowest BCUT2D eigenvalue weighted by atomic mass is 10.4. The van der Waals surface area contributed by atoms with Crippen molar-refractivity contribution in [3.8, 4) is 0 Å². The summed E-state index contributed by atoms with van der Waals surface area (Å²) in [6.45, 7) is 3.16. The molecule has 1 unspecified atom stereocenters. The molecule has 4 rings (SSSR count). The third-order valence-corrected chi connectivity index (χ3v) is 9.01. The van der Waals surface area contributed by atoms with Gasteiger partial charge in [-0.05, 0) is 12.1 Å². The molecule has 6 heteroatoms. The number of aromatic nitrogens is 1. The van der Waals surface area contributed by atoms with Crippen LogP contribution in [-0.2, 0) is 0 Å². The molecule has 3 nitrogen and oxygen atoms in total. The number of halogens is 1. The van der Waals surface area contributed by atoms with E-state index in [1.54, 1.807) is 11.3 Å². The fraction of sp³-hybridized carbons (Fsp3) is 0.286. The van der Waals surface area contributed by atoms with Crippen LogP contribution < -0.4 is 0 Å². The molecule has 1 aromatic carbocycles. The van der Waals surface area contributed by atoms with Gasteiger partial charge in [-0.15, -0.1) is 33.8 Å². The third-order valence-electron chi connectivity index (χ3n) is 3.72. The van der Waals surface area contributed by atoms with Crippen LogP contribution in [0.25, 0.3) is 0 Å². The van der Waals surface area contributed by atoms with Crippen molar-refractivity contribution in [1.29, 1.82) is 0 Å². The first kappa shape index (κ1) is 13.9. The van der Waals surface area contributed by atoms with Gasteiger partial charge in [0.05, 0.1) is 6.54 Å². The topological polar surface area (TPSA) is 28.5 Å². The van der Waals surface area contributed by atoms with Crippen molar-refractivity contribution >= 4 is 38.9 Å². The summed E-state index contributed by atoms with van der Waals surface area (Å²) in [7, 11) is -1.17. The summed E-state index contributed by atoms with van der Waals surface area (Å²) in [6.07, 6.45) is 1.93. The molecule has 0 bridgehead atoms. The Hall–Kier alpha value is -1.04. The maximum atomic E-state index is 4.83. The number of thiazole rings is 1. The van der Waals surface area contributed by atoms with E-state index in [0.29, 0.717) is 0 Å². The van der Waals surface area contributed by atoms with Crippen LogP contribution in [0, 0.1) is 0 Å². The van der Waals surface area contributed by atoms with Crippen molar-refractivity contribution in [3.63, 3.8) is 0 Å². The molecule has 0 spiro atoms. The molecule has 2 aliphatic rings. The van der Waals surface area contributed by atoms with Gasteiger partial charge in [0, 0.05) is 35.3 Å². The van der Waals surface area contributed by atoms with Crippen molar-refractivity contribution in [2.24, 2.45) is 4.99 Å². The lowest BCUT2D eigenvalue weighted by Crippen LogP contribution is -2.22. The quantitative estimate of drug-likeness (QED) is 0.845. The maximum absolute atomic E-state index is 4.83. The van der Waals surface area contributed by atoms with Gasteiger partial charge in [0.15, 0.2) is 5.17 Å². The number of fused-ring (bicyclic) bond motifs is 1. The van der Waals surface area contributed by atoms with Crippen molar-refractivity contribution < 1.29 is 0 Å². The Morgan fingerprint density at radius 3 is 2.75 bits per heavy atom. The molecule has 20 heavy (non-hydrogen) atoms. The second kappa shape index (κ2) is 5.39. The average Bonchev–Trinajstić information content (AvgIpc) is 3.17. The maximum Gasteiger partial charge on any atom is 0.152 e. The molecule has 0 radical (unpaired) electrons. The summed E-state index contributed by atoms with van der Waals surface area (Å²) in [5, 5.41) is 3.40. The molecular formula is C14H16ClN3S2. The first-order valence-corrected chi connectivity index (χ1v) is 9.14. The van der Waals surface area contributed by atoms with Crippen LogP contribution in [0.2, 0.25) is 0 Å². The summed E-state index contributed by atoms with van der Waals surface area (Å²) < 4.78 is 1.27. The van der Waals surface area contributed by atoms with E-state index >= 15 is 0 Å². The van der Waals surface area contributed by atoms with Gasteiger partial charge in [0.1, 0.15) is 4.34 Å². The summed E-state index contributed by atoms with van der Waals surface area (Å²) in [4.78, 5) is 13.4. The minimum atomic E-state index is -1.17. The van der Waals surface area contributed by atoms with Gasteiger partial charge < -0.3 is 4.90 Å². The molecule has 1 aromatic heterocycles. The highest BCUT2D eigenvalue weighted by atomic mass is 35.5. The van der Waals surface area contributed by atoms with E-state index in [0.717, 1.165) is 19.6 Å². The number of nitrogens with zero attached hydrogens (tertiary/aromatic N) is 3. The molecule has 106 valence electrons. The standard InChI is InChI=1S/C14H15N3S2.ClH/c1-2-4-12(5-3-1)19(14-16-7-10-18-14)11-9-17-8-6-15-13(17)19;/h1-5,7,10H,6,8-9,11H2;1H. The number of aliphatic imine (C=N–C) groups is 1. The zero-order valence-corrected chi connectivity index (χ0v) is 13.4. The summed E-state index contributed by atoms with van der Waals surface area (Å²) >= 11 is 1.78. The normalized spacial score (nSPS) is 27.4. The van der Waals surface area contributed by atoms with Gasteiger partial charge in [-0.1, -0.05) is 18.2 Å². The van der Waals surface area contributed by atoms with E-state index in [1.807, 2.05) is 6.20 Å². The van der Waals surface area contributed by atoms with E-state index in [-0.39, 0.29) is 12.4 Å². The average molecular weight is 326 g/mol. The highest BCUT2D eigenvalue weighted by Crippen LogP contribution is 2.67. The van der Waals surface area contributed by atoms with E-state index < -0.39 is 10.0 Å². The zero-order valence-electron chi connectivity index (χ0n) is 10.9.